The zero-order valence-corrected chi connectivity index (χ0v) is 9.18. The maximum atomic E-state index is 5.78. The molecule has 0 spiro atoms. The third-order valence-corrected chi connectivity index (χ3v) is 2.75. The van der Waals surface area contributed by atoms with E-state index in [4.69, 9.17) is 4.42 Å². The van der Waals surface area contributed by atoms with Gasteiger partial charge in [0.25, 0.3) is 0 Å². The molecule has 3 aromatic heterocycles. The molecule has 3 rings (SSSR count). The molecule has 0 unspecified atom stereocenters. The lowest BCUT2D eigenvalue weighted by Gasteiger charge is -1.92. The van der Waals surface area contributed by atoms with Crippen molar-refractivity contribution in [2.24, 2.45) is 0 Å². The van der Waals surface area contributed by atoms with Crippen molar-refractivity contribution >= 4 is 21.9 Å². The van der Waals surface area contributed by atoms with Crippen molar-refractivity contribution < 1.29 is 8.98 Å². The highest BCUT2D eigenvalue weighted by molar-refractivity contribution is 6.03. The van der Waals surface area contributed by atoms with Gasteiger partial charge in [-0.25, -0.2) is 4.57 Å². The Morgan fingerprint density at radius 3 is 3.06 bits per heavy atom. The first-order chi connectivity index (χ1) is 7.88. The molecule has 0 aromatic carbocycles. The van der Waals surface area contributed by atoms with Crippen LogP contribution in [0.3, 0.4) is 0 Å². The van der Waals surface area contributed by atoms with Crippen molar-refractivity contribution in [3.8, 4) is 0 Å². The van der Waals surface area contributed by atoms with Crippen LogP contribution in [-0.2, 0) is 6.54 Å². The first kappa shape index (κ1) is 9.33. The summed E-state index contributed by atoms with van der Waals surface area (Å²) in [6, 6.07) is 4.00. The van der Waals surface area contributed by atoms with E-state index in [0.29, 0.717) is 0 Å². The third-order valence-electron chi connectivity index (χ3n) is 2.75. The normalized spacial score (nSPS) is 11.3. The Morgan fingerprint density at radius 2 is 2.19 bits per heavy atom. The molecule has 0 radical (unpaired) electrons. The van der Waals surface area contributed by atoms with Crippen LogP contribution in [0.4, 0.5) is 0 Å². The van der Waals surface area contributed by atoms with Crippen molar-refractivity contribution in [3.05, 3.63) is 36.9 Å². The van der Waals surface area contributed by atoms with Gasteiger partial charge < -0.3 is 4.42 Å². The van der Waals surface area contributed by atoms with Crippen LogP contribution < -0.4 is 4.57 Å². The predicted octanol–water partition coefficient (Wildman–Crippen LogP) is 2.68. The molecule has 80 valence electrons. The molecule has 0 saturated heterocycles. The first-order valence-electron chi connectivity index (χ1n) is 5.54. The molecule has 0 fully saturated rings. The van der Waals surface area contributed by atoms with Gasteiger partial charge in [0.2, 0.25) is 6.20 Å². The molecule has 3 aromatic rings. The molecule has 16 heavy (non-hydrogen) atoms. The van der Waals surface area contributed by atoms with Gasteiger partial charge in [0, 0.05) is 35.7 Å². The van der Waals surface area contributed by atoms with Gasteiger partial charge in [-0.05, 0) is 6.07 Å². The highest BCUT2D eigenvalue weighted by Gasteiger charge is 2.10. The number of aryl methyl sites for hydroxylation is 1. The monoisotopic (exact) mass is 213 g/mol. The molecular formula is C13H13N2O+. The Morgan fingerprint density at radius 1 is 1.25 bits per heavy atom. The molecule has 0 bridgehead atoms. The highest BCUT2D eigenvalue weighted by atomic mass is 16.3. The molecule has 0 aliphatic carbocycles. The van der Waals surface area contributed by atoms with Crippen LogP contribution in [-0.4, -0.2) is 4.98 Å². The molecular weight excluding hydrogens is 200 g/mol. The quantitative estimate of drug-likeness (QED) is 0.612. The maximum Gasteiger partial charge on any atom is 0.212 e. The van der Waals surface area contributed by atoms with E-state index in [0.717, 1.165) is 34.9 Å². The standard InChI is InChI=1S/C13H13N2O/c1-2-6-15-7-4-10-11-8-14-5-3-12(11)16-13(10)9-15/h3-5,7-9H,2,6H2,1H3/q+1. The highest BCUT2D eigenvalue weighted by Crippen LogP contribution is 2.25. The van der Waals surface area contributed by atoms with Crippen LogP contribution in [0.1, 0.15) is 13.3 Å². The van der Waals surface area contributed by atoms with Crippen LogP contribution in [0.15, 0.2) is 41.3 Å². The van der Waals surface area contributed by atoms with Gasteiger partial charge in [0.05, 0.1) is 0 Å². The number of aromatic nitrogens is 2. The van der Waals surface area contributed by atoms with Gasteiger partial charge in [0.1, 0.15) is 12.1 Å². The molecule has 0 aliphatic rings. The second-order valence-electron chi connectivity index (χ2n) is 3.93. The molecule has 3 heterocycles. The van der Waals surface area contributed by atoms with Crippen molar-refractivity contribution in [3.63, 3.8) is 0 Å². The summed E-state index contributed by atoms with van der Waals surface area (Å²) in [6.07, 6.45) is 8.88. The Kier molecular flexibility index (Phi) is 2.10. The van der Waals surface area contributed by atoms with E-state index in [1.54, 1.807) is 6.20 Å². The van der Waals surface area contributed by atoms with E-state index in [1.165, 1.54) is 0 Å². The van der Waals surface area contributed by atoms with E-state index in [-0.39, 0.29) is 0 Å². The van der Waals surface area contributed by atoms with Crippen molar-refractivity contribution in [2.45, 2.75) is 19.9 Å². The number of rotatable bonds is 2. The minimum atomic E-state index is 0.902. The van der Waals surface area contributed by atoms with Crippen molar-refractivity contribution in [1.82, 2.24) is 4.98 Å². The Balaban J connectivity index is 2.28. The van der Waals surface area contributed by atoms with Crippen LogP contribution in [0, 0.1) is 0 Å². The van der Waals surface area contributed by atoms with Gasteiger partial charge in [0.15, 0.2) is 11.8 Å². The average Bonchev–Trinajstić information content (AvgIpc) is 2.67. The summed E-state index contributed by atoms with van der Waals surface area (Å²) in [5, 5.41) is 2.22. The molecule has 0 atom stereocenters. The summed E-state index contributed by atoms with van der Waals surface area (Å²) < 4.78 is 7.93. The number of nitrogens with zero attached hydrogens (tertiary/aromatic N) is 2. The van der Waals surface area contributed by atoms with E-state index < -0.39 is 0 Å². The second kappa shape index (κ2) is 3.59. The van der Waals surface area contributed by atoms with Crippen LogP contribution in [0.2, 0.25) is 0 Å². The van der Waals surface area contributed by atoms with Gasteiger partial charge in [-0.15, -0.1) is 0 Å². The number of hydrogen-bond acceptors (Lipinski definition) is 2. The van der Waals surface area contributed by atoms with E-state index in [1.807, 2.05) is 12.3 Å². The van der Waals surface area contributed by atoms with Gasteiger partial charge in [-0.2, -0.15) is 0 Å². The Labute approximate surface area is 93.3 Å². The zero-order valence-electron chi connectivity index (χ0n) is 9.18. The number of fused-ring (bicyclic) bond motifs is 3. The molecule has 0 aliphatic heterocycles. The van der Waals surface area contributed by atoms with E-state index in [2.05, 4.69) is 34.9 Å². The molecule has 0 saturated carbocycles. The fourth-order valence-electron chi connectivity index (χ4n) is 2.01. The average molecular weight is 213 g/mol. The topological polar surface area (TPSA) is 29.9 Å². The maximum absolute atomic E-state index is 5.78. The third kappa shape index (κ3) is 1.36. The van der Waals surface area contributed by atoms with E-state index >= 15 is 0 Å². The van der Waals surface area contributed by atoms with Gasteiger partial charge in [-0.1, -0.05) is 6.92 Å². The predicted molar refractivity (Wildman–Crippen MR) is 62.0 cm³/mol. The lowest BCUT2D eigenvalue weighted by Crippen LogP contribution is -2.31. The summed E-state index contributed by atoms with van der Waals surface area (Å²) in [5.74, 6) is 0. The molecule has 0 N–H and O–H groups in total. The summed E-state index contributed by atoms with van der Waals surface area (Å²) in [6.45, 7) is 3.19. The summed E-state index contributed by atoms with van der Waals surface area (Å²) in [5.41, 5.74) is 1.83. The summed E-state index contributed by atoms with van der Waals surface area (Å²) in [4.78, 5) is 4.13. The largest absolute Gasteiger partial charge is 0.450 e. The number of furan rings is 1. The molecule has 0 amide bonds. The SMILES string of the molecule is CCC[n+]1ccc2c(c1)oc1ccncc12. The fourth-order valence-corrected chi connectivity index (χ4v) is 2.01. The van der Waals surface area contributed by atoms with Crippen LogP contribution in [0.5, 0.6) is 0 Å². The van der Waals surface area contributed by atoms with Crippen LogP contribution in [0.25, 0.3) is 21.9 Å². The van der Waals surface area contributed by atoms with Crippen molar-refractivity contribution in [2.75, 3.05) is 0 Å². The first-order valence-corrected chi connectivity index (χ1v) is 5.54. The van der Waals surface area contributed by atoms with Crippen molar-refractivity contribution in [1.29, 1.82) is 0 Å². The molecule has 3 nitrogen and oxygen atoms in total. The fraction of sp³-hybridized carbons (Fsp3) is 0.231. The van der Waals surface area contributed by atoms with Gasteiger partial charge in [-0.3, -0.25) is 4.98 Å². The second-order valence-corrected chi connectivity index (χ2v) is 3.93. The molecule has 3 heteroatoms. The summed E-state index contributed by atoms with van der Waals surface area (Å²) in [7, 11) is 0. The lowest BCUT2D eigenvalue weighted by atomic mass is 10.2. The zero-order chi connectivity index (χ0) is 11.0. The minimum Gasteiger partial charge on any atom is -0.450 e. The van der Waals surface area contributed by atoms with Crippen LogP contribution >= 0.6 is 0 Å². The Bertz CT molecular complexity index is 643. The lowest BCUT2D eigenvalue weighted by molar-refractivity contribution is -0.695. The van der Waals surface area contributed by atoms with E-state index in [9.17, 15) is 0 Å². The minimum absolute atomic E-state index is 0.902. The Hall–Kier alpha value is -1.90. The number of hydrogen-bond donors (Lipinski definition) is 0. The smallest absolute Gasteiger partial charge is 0.212 e. The summed E-state index contributed by atoms with van der Waals surface area (Å²) >= 11 is 0. The number of pyridine rings is 2. The van der Waals surface area contributed by atoms with Gasteiger partial charge >= 0.3 is 0 Å².